The molecule has 1 unspecified atom stereocenters. The third-order valence-electron chi connectivity index (χ3n) is 3.36. The first-order valence-corrected chi connectivity index (χ1v) is 7.53. The summed E-state index contributed by atoms with van der Waals surface area (Å²) >= 11 is 11.5. The van der Waals surface area contributed by atoms with E-state index in [0.717, 1.165) is 17.7 Å². The Morgan fingerprint density at radius 1 is 1.04 bits per heavy atom. The van der Waals surface area contributed by atoms with E-state index in [9.17, 15) is 22.7 Å². The molecule has 0 saturated heterocycles. The molecule has 1 atom stereocenters. The minimum Gasteiger partial charge on any atom is -0.381 e. The number of rotatable bonds is 3. The Morgan fingerprint density at radius 3 is 2.12 bits per heavy atom. The molecule has 128 valence electrons. The molecule has 7 heteroatoms. The highest BCUT2D eigenvalue weighted by Crippen LogP contribution is 2.42. The summed E-state index contributed by atoms with van der Waals surface area (Å²) in [5.74, 6) is -1.73. The van der Waals surface area contributed by atoms with Crippen molar-refractivity contribution in [1.82, 2.24) is 0 Å². The van der Waals surface area contributed by atoms with E-state index in [1.807, 2.05) is 0 Å². The van der Waals surface area contributed by atoms with Crippen LogP contribution in [-0.4, -0.2) is 11.3 Å². The van der Waals surface area contributed by atoms with E-state index < -0.39 is 23.7 Å². The topological polar surface area (TPSA) is 20.2 Å². The molecule has 1 N–H and O–H groups in total. The van der Waals surface area contributed by atoms with Gasteiger partial charge in [0, 0.05) is 15.6 Å². The van der Waals surface area contributed by atoms with Gasteiger partial charge in [-0.2, -0.15) is 13.2 Å². The normalized spacial score (nSPS) is 14.3. The van der Waals surface area contributed by atoms with Crippen LogP contribution in [0.1, 0.15) is 22.8 Å². The summed E-state index contributed by atoms with van der Waals surface area (Å²) in [5, 5.41) is 10.1. The van der Waals surface area contributed by atoms with Crippen LogP contribution in [0.25, 0.3) is 5.57 Å². The summed E-state index contributed by atoms with van der Waals surface area (Å²) in [6, 6.07) is 8.85. The summed E-state index contributed by atoms with van der Waals surface area (Å²) in [5.41, 5.74) is -1.40. The first-order chi connectivity index (χ1) is 11.1. The highest BCUT2D eigenvalue weighted by Gasteiger charge is 2.40. The van der Waals surface area contributed by atoms with Crippen LogP contribution in [0.15, 0.2) is 48.3 Å². The van der Waals surface area contributed by atoms with E-state index in [1.54, 1.807) is 6.92 Å². The van der Waals surface area contributed by atoms with Gasteiger partial charge in [-0.05, 0) is 24.6 Å². The quantitative estimate of drug-likeness (QED) is 0.623. The molecule has 0 saturated carbocycles. The number of allylic oxidation sites excluding steroid dienone is 1. The van der Waals surface area contributed by atoms with E-state index in [2.05, 4.69) is 0 Å². The van der Waals surface area contributed by atoms with Crippen LogP contribution in [-0.2, 0) is 0 Å². The van der Waals surface area contributed by atoms with Crippen molar-refractivity contribution in [3.8, 4) is 0 Å². The van der Waals surface area contributed by atoms with Crippen molar-refractivity contribution in [1.29, 1.82) is 0 Å². The Kier molecular flexibility index (Phi) is 5.58. The fraction of sp³-hybridized carbons (Fsp3) is 0.176. The number of aliphatic hydroxyl groups is 1. The molecule has 2 rings (SSSR count). The van der Waals surface area contributed by atoms with Crippen molar-refractivity contribution >= 4 is 28.8 Å². The average molecular weight is 379 g/mol. The van der Waals surface area contributed by atoms with Gasteiger partial charge in [0.25, 0.3) is 0 Å². The number of aryl methyl sites for hydroxylation is 1. The number of benzene rings is 2. The van der Waals surface area contributed by atoms with Crippen molar-refractivity contribution in [2.45, 2.75) is 19.2 Å². The second-order valence-electron chi connectivity index (χ2n) is 5.16. The first-order valence-electron chi connectivity index (χ1n) is 6.78. The number of hydrogen-bond acceptors (Lipinski definition) is 1. The molecule has 0 heterocycles. The van der Waals surface area contributed by atoms with Crippen LogP contribution in [0.3, 0.4) is 0 Å². The van der Waals surface area contributed by atoms with Gasteiger partial charge in [0.1, 0.15) is 11.9 Å². The fourth-order valence-electron chi connectivity index (χ4n) is 2.15. The van der Waals surface area contributed by atoms with Gasteiger partial charge in [0.2, 0.25) is 0 Å². The Balaban J connectivity index is 2.59. The standard InChI is InChI=1S/C17H12Cl2F4O/c1-9-2-4-10(5-3-9)14(17(21,22)23)15(20)16(24)12-7-6-11(18)8-13(12)19/h2-8,16,24H,1H3/b15-14+. The molecule has 0 aromatic heterocycles. The summed E-state index contributed by atoms with van der Waals surface area (Å²) in [6.07, 6.45) is -7.15. The lowest BCUT2D eigenvalue weighted by molar-refractivity contribution is -0.0711. The molecule has 0 aliphatic heterocycles. The number of aliphatic hydroxyl groups excluding tert-OH is 1. The molecular formula is C17H12Cl2F4O. The highest BCUT2D eigenvalue weighted by molar-refractivity contribution is 6.35. The van der Waals surface area contributed by atoms with Crippen molar-refractivity contribution < 1.29 is 22.7 Å². The zero-order valence-electron chi connectivity index (χ0n) is 12.3. The average Bonchev–Trinajstić information content (AvgIpc) is 2.47. The monoisotopic (exact) mass is 378 g/mol. The van der Waals surface area contributed by atoms with Gasteiger partial charge in [-0.25, -0.2) is 4.39 Å². The maximum absolute atomic E-state index is 14.5. The van der Waals surface area contributed by atoms with E-state index in [4.69, 9.17) is 23.2 Å². The predicted octanol–water partition coefficient (Wildman–Crippen LogP) is 6.28. The Labute approximate surface area is 146 Å². The number of halogens is 6. The van der Waals surface area contributed by atoms with Gasteiger partial charge in [0.15, 0.2) is 0 Å². The lowest BCUT2D eigenvalue weighted by Crippen LogP contribution is -2.15. The van der Waals surface area contributed by atoms with Crippen molar-refractivity contribution in [2.24, 2.45) is 0 Å². The molecule has 0 aliphatic rings. The Morgan fingerprint density at radius 2 is 1.62 bits per heavy atom. The highest BCUT2D eigenvalue weighted by atomic mass is 35.5. The van der Waals surface area contributed by atoms with E-state index in [0.29, 0.717) is 0 Å². The zero-order valence-corrected chi connectivity index (χ0v) is 13.8. The first kappa shape index (κ1) is 18.8. The van der Waals surface area contributed by atoms with Gasteiger partial charge < -0.3 is 5.11 Å². The van der Waals surface area contributed by atoms with Crippen molar-refractivity contribution in [3.05, 3.63) is 75.0 Å². The molecule has 1 nitrogen and oxygen atoms in total. The van der Waals surface area contributed by atoms with Crippen LogP contribution in [0, 0.1) is 6.92 Å². The van der Waals surface area contributed by atoms with E-state index in [-0.39, 0.29) is 21.2 Å². The van der Waals surface area contributed by atoms with Crippen LogP contribution in [0.5, 0.6) is 0 Å². The SMILES string of the molecule is Cc1ccc(/C(=C(\F)C(O)c2ccc(Cl)cc2Cl)C(F)(F)F)cc1. The molecule has 0 aliphatic carbocycles. The van der Waals surface area contributed by atoms with Gasteiger partial charge in [0.05, 0.1) is 5.57 Å². The second kappa shape index (κ2) is 7.13. The van der Waals surface area contributed by atoms with Crippen LogP contribution in [0.2, 0.25) is 10.0 Å². The van der Waals surface area contributed by atoms with Crippen molar-refractivity contribution in [3.63, 3.8) is 0 Å². The van der Waals surface area contributed by atoms with Crippen LogP contribution in [0.4, 0.5) is 17.6 Å². The molecule has 0 fully saturated rings. The summed E-state index contributed by atoms with van der Waals surface area (Å²) in [7, 11) is 0. The predicted molar refractivity (Wildman–Crippen MR) is 86.7 cm³/mol. The molecule has 0 amide bonds. The Hall–Kier alpha value is -1.56. The third-order valence-corrected chi connectivity index (χ3v) is 3.92. The maximum atomic E-state index is 14.5. The van der Waals surface area contributed by atoms with Crippen LogP contribution >= 0.6 is 23.2 Å². The third kappa shape index (κ3) is 4.09. The molecular weight excluding hydrogens is 367 g/mol. The number of alkyl halides is 3. The summed E-state index contributed by atoms with van der Waals surface area (Å²) in [6.45, 7) is 1.69. The minimum atomic E-state index is -4.99. The smallest absolute Gasteiger partial charge is 0.381 e. The van der Waals surface area contributed by atoms with E-state index in [1.165, 1.54) is 30.3 Å². The second-order valence-corrected chi connectivity index (χ2v) is 6.00. The molecule has 0 bridgehead atoms. The minimum absolute atomic E-state index is 0.129. The lowest BCUT2D eigenvalue weighted by atomic mass is 9.98. The van der Waals surface area contributed by atoms with Crippen LogP contribution < -0.4 is 0 Å². The van der Waals surface area contributed by atoms with Crippen molar-refractivity contribution in [2.75, 3.05) is 0 Å². The molecule has 0 spiro atoms. The lowest BCUT2D eigenvalue weighted by Gasteiger charge is -2.18. The molecule has 2 aromatic carbocycles. The molecule has 24 heavy (non-hydrogen) atoms. The van der Waals surface area contributed by atoms with Gasteiger partial charge in [-0.3, -0.25) is 0 Å². The Bertz CT molecular complexity index is 767. The summed E-state index contributed by atoms with van der Waals surface area (Å²) < 4.78 is 54.5. The van der Waals surface area contributed by atoms with Gasteiger partial charge >= 0.3 is 6.18 Å². The maximum Gasteiger partial charge on any atom is 0.419 e. The molecule has 2 aromatic rings. The number of hydrogen-bond donors (Lipinski definition) is 1. The molecule has 0 radical (unpaired) electrons. The largest absolute Gasteiger partial charge is 0.419 e. The fourth-order valence-corrected chi connectivity index (χ4v) is 2.67. The van der Waals surface area contributed by atoms with E-state index >= 15 is 0 Å². The zero-order chi connectivity index (χ0) is 18.1. The van der Waals surface area contributed by atoms with Gasteiger partial charge in [-0.15, -0.1) is 0 Å². The summed E-state index contributed by atoms with van der Waals surface area (Å²) in [4.78, 5) is 0. The van der Waals surface area contributed by atoms with Gasteiger partial charge in [-0.1, -0.05) is 59.1 Å².